The molecule has 0 radical (unpaired) electrons. The number of thioether (sulfide) groups is 1. The minimum atomic E-state index is -0.791. The number of aromatic nitrogens is 3. The number of hydrogen-bond donors (Lipinski definition) is 1. The molecule has 116 valence electrons. The smallest absolute Gasteiger partial charge is 0.313 e. The predicted molar refractivity (Wildman–Crippen MR) is 81.7 cm³/mol. The Hall–Kier alpha value is -1.04. The molecule has 0 aromatic carbocycles. The van der Waals surface area contributed by atoms with E-state index in [0.717, 1.165) is 11.0 Å². The summed E-state index contributed by atoms with van der Waals surface area (Å²) in [5.41, 5.74) is 0. The van der Waals surface area contributed by atoms with Crippen LogP contribution in [0.1, 0.15) is 75.6 Å². The van der Waals surface area contributed by atoms with E-state index >= 15 is 0 Å². The summed E-state index contributed by atoms with van der Waals surface area (Å²) in [4.78, 5) is 10.8. The Morgan fingerprint density at radius 1 is 1.10 bits per heavy atom. The summed E-state index contributed by atoms with van der Waals surface area (Å²) >= 11 is 1.32. The van der Waals surface area contributed by atoms with Crippen LogP contribution in [0.25, 0.3) is 0 Å². The topological polar surface area (TPSA) is 68.0 Å². The van der Waals surface area contributed by atoms with Crippen LogP contribution in [-0.2, 0) is 4.79 Å². The summed E-state index contributed by atoms with van der Waals surface area (Å²) in [6.45, 7) is 0. The van der Waals surface area contributed by atoms with Crippen LogP contribution in [0, 0.1) is 0 Å². The summed E-state index contributed by atoms with van der Waals surface area (Å²) in [6.07, 6.45) is 11.3. The molecule has 0 bridgehead atoms. The molecule has 0 spiro atoms. The van der Waals surface area contributed by atoms with Gasteiger partial charge in [-0.1, -0.05) is 43.9 Å². The monoisotopic (exact) mass is 309 g/mol. The number of aliphatic carboxylic acids is 1. The first-order valence-electron chi connectivity index (χ1n) is 8.05. The Bertz CT molecular complexity index is 491. The average Bonchev–Trinajstić information content (AvgIpc) is 3.17. The van der Waals surface area contributed by atoms with E-state index in [9.17, 15) is 4.79 Å². The Morgan fingerprint density at radius 3 is 2.38 bits per heavy atom. The highest BCUT2D eigenvalue weighted by Crippen LogP contribution is 2.42. The summed E-state index contributed by atoms with van der Waals surface area (Å²) in [5.74, 6) is 0.936. The molecule has 5 nitrogen and oxygen atoms in total. The molecule has 0 amide bonds. The van der Waals surface area contributed by atoms with Gasteiger partial charge in [0.25, 0.3) is 0 Å². The quantitative estimate of drug-likeness (QED) is 0.841. The van der Waals surface area contributed by atoms with Gasteiger partial charge in [0.2, 0.25) is 0 Å². The van der Waals surface area contributed by atoms with Gasteiger partial charge in [-0.3, -0.25) is 4.79 Å². The van der Waals surface area contributed by atoms with Crippen molar-refractivity contribution in [3.8, 4) is 0 Å². The van der Waals surface area contributed by atoms with Crippen molar-refractivity contribution in [2.24, 2.45) is 0 Å². The lowest BCUT2D eigenvalue weighted by Gasteiger charge is -2.24. The van der Waals surface area contributed by atoms with Crippen LogP contribution in [0.4, 0.5) is 0 Å². The maximum Gasteiger partial charge on any atom is 0.313 e. The second kappa shape index (κ2) is 6.81. The molecule has 0 aliphatic heterocycles. The molecule has 6 heteroatoms. The van der Waals surface area contributed by atoms with E-state index in [1.54, 1.807) is 0 Å². The van der Waals surface area contributed by atoms with Crippen molar-refractivity contribution >= 4 is 17.7 Å². The number of nitrogens with zero attached hydrogens (tertiary/aromatic N) is 3. The van der Waals surface area contributed by atoms with Crippen LogP contribution in [0.2, 0.25) is 0 Å². The van der Waals surface area contributed by atoms with Gasteiger partial charge in [-0.2, -0.15) is 0 Å². The van der Waals surface area contributed by atoms with Crippen LogP contribution >= 0.6 is 11.8 Å². The molecule has 2 fully saturated rings. The number of rotatable bonds is 5. The Labute approximate surface area is 129 Å². The van der Waals surface area contributed by atoms with E-state index in [0.29, 0.717) is 12.0 Å². The largest absolute Gasteiger partial charge is 0.481 e. The van der Waals surface area contributed by atoms with Gasteiger partial charge in [-0.05, 0) is 25.7 Å². The fraction of sp³-hybridized carbons (Fsp3) is 0.800. The normalized spacial score (nSPS) is 21.0. The SMILES string of the molecule is O=C(O)CSc1nnc(C2CC2)n1C1CCCCCCC1. The fourth-order valence-corrected chi connectivity index (χ4v) is 3.90. The predicted octanol–water partition coefficient (Wildman–Crippen LogP) is 3.62. The lowest BCUT2D eigenvalue weighted by Crippen LogP contribution is -2.15. The molecule has 2 aliphatic carbocycles. The van der Waals surface area contributed by atoms with Crippen molar-refractivity contribution in [2.75, 3.05) is 5.75 Å². The van der Waals surface area contributed by atoms with Gasteiger partial charge in [0.15, 0.2) is 5.16 Å². The van der Waals surface area contributed by atoms with Crippen molar-refractivity contribution in [1.29, 1.82) is 0 Å². The van der Waals surface area contributed by atoms with E-state index < -0.39 is 5.97 Å². The maximum atomic E-state index is 10.8. The van der Waals surface area contributed by atoms with Gasteiger partial charge in [0.05, 0.1) is 5.75 Å². The van der Waals surface area contributed by atoms with Crippen molar-refractivity contribution in [3.63, 3.8) is 0 Å². The minimum absolute atomic E-state index is 0.0650. The molecule has 3 rings (SSSR count). The van der Waals surface area contributed by atoms with E-state index in [-0.39, 0.29) is 5.75 Å². The molecule has 0 saturated heterocycles. The van der Waals surface area contributed by atoms with E-state index in [1.807, 2.05) is 0 Å². The maximum absolute atomic E-state index is 10.8. The van der Waals surface area contributed by atoms with E-state index in [1.165, 1.54) is 69.5 Å². The molecule has 1 aromatic heterocycles. The van der Waals surface area contributed by atoms with Crippen LogP contribution < -0.4 is 0 Å². The Balaban J connectivity index is 1.81. The highest BCUT2D eigenvalue weighted by atomic mass is 32.2. The molecular weight excluding hydrogens is 286 g/mol. The standard InChI is InChI=1S/C15H23N3O2S/c19-13(20)10-21-15-17-16-14(11-8-9-11)18(15)12-6-4-2-1-3-5-7-12/h11-12H,1-10H2,(H,19,20). The van der Waals surface area contributed by atoms with Crippen molar-refractivity contribution in [3.05, 3.63) is 5.82 Å². The Kier molecular flexibility index (Phi) is 4.83. The number of carboxylic acid groups (broad SMARTS) is 1. The van der Waals surface area contributed by atoms with Gasteiger partial charge >= 0.3 is 5.97 Å². The Morgan fingerprint density at radius 2 is 1.76 bits per heavy atom. The highest BCUT2D eigenvalue weighted by molar-refractivity contribution is 7.99. The molecule has 0 unspecified atom stereocenters. The molecule has 1 N–H and O–H groups in total. The third kappa shape index (κ3) is 3.78. The average molecular weight is 309 g/mol. The second-order valence-electron chi connectivity index (χ2n) is 6.17. The van der Waals surface area contributed by atoms with Gasteiger partial charge in [-0.15, -0.1) is 10.2 Å². The first-order valence-corrected chi connectivity index (χ1v) is 9.03. The van der Waals surface area contributed by atoms with E-state index in [2.05, 4.69) is 14.8 Å². The van der Waals surface area contributed by atoms with Crippen molar-refractivity contribution < 1.29 is 9.90 Å². The molecule has 0 atom stereocenters. The third-order valence-corrected chi connectivity index (χ3v) is 5.33. The van der Waals surface area contributed by atoms with Crippen LogP contribution in [0.5, 0.6) is 0 Å². The minimum Gasteiger partial charge on any atom is -0.481 e. The zero-order chi connectivity index (χ0) is 14.7. The summed E-state index contributed by atoms with van der Waals surface area (Å²) in [6, 6.07) is 0.465. The molecule has 2 aliphatic rings. The van der Waals surface area contributed by atoms with Crippen LogP contribution in [0.15, 0.2) is 5.16 Å². The second-order valence-corrected chi connectivity index (χ2v) is 7.11. The molecule has 1 aromatic rings. The molecule has 21 heavy (non-hydrogen) atoms. The third-order valence-electron chi connectivity index (χ3n) is 4.40. The lowest BCUT2D eigenvalue weighted by molar-refractivity contribution is -0.133. The van der Waals surface area contributed by atoms with Gasteiger partial charge < -0.3 is 9.67 Å². The van der Waals surface area contributed by atoms with Crippen molar-refractivity contribution in [1.82, 2.24) is 14.8 Å². The summed E-state index contributed by atoms with van der Waals surface area (Å²) in [5, 5.41) is 18.4. The number of carboxylic acids is 1. The first-order chi connectivity index (χ1) is 10.3. The van der Waals surface area contributed by atoms with Crippen LogP contribution in [-0.4, -0.2) is 31.6 Å². The van der Waals surface area contributed by atoms with E-state index in [4.69, 9.17) is 5.11 Å². The van der Waals surface area contributed by atoms with Gasteiger partial charge in [0, 0.05) is 12.0 Å². The molecular formula is C15H23N3O2S. The van der Waals surface area contributed by atoms with Crippen molar-refractivity contribution in [2.45, 2.75) is 74.9 Å². The zero-order valence-corrected chi connectivity index (χ0v) is 13.1. The first kappa shape index (κ1) is 14.9. The fourth-order valence-electron chi connectivity index (χ4n) is 3.17. The number of hydrogen-bond acceptors (Lipinski definition) is 4. The highest BCUT2D eigenvalue weighted by Gasteiger charge is 2.33. The van der Waals surface area contributed by atoms with Crippen LogP contribution in [0.3, 0.4) is 0 Å². The summed E-state index contributed by atoms with van der Waals surface area (Å²) in [7, 11) is 0. The van der Waals surface area contributed by atoms with Gasteiger partial charge in [-0.25, -0.2) is 0 Å². The summed E-state index contributed by atoms with van der Waals surface area (Å²) < 4.78 is 2.29. The molecule has 1 heterocycles. The zero-order valence-electron chi connectivity index (χ0n) is 12.3. The molecule has 2 saturated carbocycles. The van der Waals surface area contributed by atoms with Gasteiger partial charge in [0.1, 0.15) is 5.82 Å². The number of carbonyl (C=O) groups is 1. The lowest BCUT2D eigenvalue weighted by atomic mass is 9.96.